The van der Waals surface area contributed by atoms with Crippen LogP contribution >= 0.6 is 11.3 Å². The molecular formula is C14H17NO6S2. The molecule has 0 aromatic carbocycles. The van der Waals surface area contributed by atoms with Crippen LogP contribution in [0.2, 0.25) is 0 Å². The van der Waals surface area contributed by atoms with Gasteiger partial charge in [0.05, 0.1) is 13.0 Å². The number of sulfonamides is 1. The molecule has 23 heavy (non-hydrogen) atoms. The molecule has 0 spiro atoms. The summed E-state index contributed by atoms with van der Waals surface area (Å²) in [6, 6.07) is -0.844. The summed E-state index contributed by atoms with van der Waals surface area (Å²) in [6.45, 7) is 1.63. The zero-order valence-electron chi connectivity index (χ0n) is 12.7. The Hall–Kier alpha value is -1.45. The number of thiophene rings is 1. The fraction of sp³-hybridized carbons (Fsp3) is 0.571. The van der Waals surface area contributed by atoms with Crippen molar-refractivity contribution in [1.82, 2.24) is 4.31 Å². The molecule has 2 aliphatic heterocycles. The van der Waals surface area contributed by atoms with Crippen LogP contribution in [-0.2, 0) is 19.6 Å². The highest BCUT2D eigenvalue weighted by molar-refractivity contribution is 7.89. The number of carbonyl (C=O) groups is 2. The second kappa shape index (κ2) is 5.57. The Morgan fingerprint density at radius 2 is 2.09 bits per heavy atom. The first-order chi connectivity index (χ1) is 10.8. The van der Waals surface area contributed by atoms with Gasteiger partial charge in [-0.3, -0.25) is 4.79 Å². The minimum atomic E-state index is -3.93. The number of hydrogen-bond acceptors (Lipinski definition) is 6. The molecule has 1 aromatic heterocycles. The van der Waals surface area contributed by atoms with Crippen LogP contribution in [0, 0.1) is 12.8 Å². The van der Waals surface area contributed by atoms with Gasteiger partial charge in [-0.1, -0.05) is 0 Å². The minimum absolute atomic E-state index is 0.0442. The van der Waals surface area contributed by atoms with Crippen LogP contribution in [0.3, 0.4) is 0 Å². The summed E-state index contributed by atoms with van der Waals surface area (Å²) in [5, 5.41) is 10.9. The molecule has 2 saturated heterocycles. The first-order valence-corrected chi connectivity index (χ1v) is 9.53. The Labute approximate surface area is 137 Å². The third kappa shape index (κ3) is 2.38. The maximum atomic E-state index is 13.1. The molecule has 3 rings (SSSR count). The quantitative estimate of drug-likeness (QED) is 0.817. The Morgan fingerprint density at radius 1 is 1.39 bits per heavy atom. The second-order valence-corrected chi connectivity index (χ2v) is 8.54. The molecule has 1 N–H and O–H groups in total. The summed E-state index contributed by atoms with van der Waals surface area (Å²) in [7, 11) is -2.73. The number of methoxy groups -OCH3 is 1. The maximum absolute atomic E-state index is 13.1. The smallest absolute Gasteiger partial charge is 0.349 e. The lowest BCUT2D eigenvalue weighted by Crippen LogP contribution is -2.38. The van der Waals surface area contributed by atoms with E-state index in [0.717, 1.165) is 11.3 Å². The Balaban J connectivity index is 2.06. The lowest BCUT2D eigenvalue weighted by atomic mass is 9.89. The van der Waals surface area contributed by atoms with Crippen LogP contribution in [0.15, 0.2) is 10.3 Å². The van der Waals surface area contributed by atoms with Gasteiger partial charge >= 0.3 is 11.9 Å². The molecule has 3 unspecified atom stereocenters. The summed E-state index contributed by atoms with van der Waals surface area (Å²) >= 11 is 1.03. The zero-order valence-corrected chi connectivity index (χ0v) is 14.3. The molecule has 1 aromatic rings. The van der Waals surface area contributed by atoms with Gasteiger partial charge in [-0.15, -0.1) is 11.3 Å². The van der Waals surface area contributed by atoms with Gasteiger partial charge in [0.2, 0.25) is 10.0 Å². The van der Waals surface area contributed by atoms with Gasteiger partial charge in [0.1, 0.15) is 9.77 Å². The number of rotatable bonds is 4. The van der Waals surface area contributed by atoms with Crippen molar-refractivity contribution in [2.75, 3.05) is 7.11 Å². The highest BCUT2D eigenvalue weighted by Gasteiger charge is 2.55. The number of carbonyl (C=O) groups excluding carboxylic acids is 1. The molecule has 2 fully saturated rings. The van der Waals surface area contributed by atoms with Crippen molar-refractivity contribution >= 4 is 33.3 Å². The molecule has 0 saturated carbocycles. The molecule has 0 aliphatic carbocycles. The van der Waals surface area contributed by atoms with Gasteiger partial charge in [-0.25, -0.2) is 13.2 Å². The number of ether oxygens (including phenoxy) is 1. The number of aliphatic carboxylic acids is 1. The van der Waals surface area contributed by atoms with Gasteiger partial charge in [0.15, 0.2) is 0 Å². The molecule has 2 aliphatic rings. The SMILES string of the molecule is COC(=O)c1scc(C)c1S(=O)(=O)N1C2CCC1C(C(=O)O)C2. The first kappa shape index (κ1) is 16.4. The Kier molecular flexibility index (Phi) is 3.97. The molecule has 0 amide bonds. The first-order valence-electron chi connectivity index (χ1n) is 7.21. The van der Waals surface area contributed by atoms with Crippen molar-refractivity contribution in [3.63, 3.8) is 0 Å². The highest BCUT2D eigenvalue weighted by Crippen LogP contribution is 2.46. The van der Waals surface area contributed by atoms with Crippen LogP contribution in [0.25, 0.3) is 0 Å². The maximum Gasteiger partial charge on any atom is 0.349 e. The predicted molar refractivity (Wildman–Crippen MR) is 82.0 cm³/mol. The predicted octanol–water partition coefficient (Wildman–Crippen LogP) is 1.47. The molecule has 9 heteroatoms. The summed E-state index contributed by atoms with van der Waals surface area (Å²) in [4.78, 5) is 23.2. The Bertz CT molecular complexity index is 768. The number of fused-ring (bicyclic) bond motifs is 2. The van der Waals surface area contributed by atoms with E-state index in [1.54, 1.807) is 12.3 Å². The van der Waals surface area contributed by atoms with Crippen molar-refractivity contribution in [3.05, 3.63) is 15.8 Å². The van der Waals surface area contributed by atoms with E-state index in [0.29, 0.717) is 24.8 Å². The summed E-state index contributed by atoms with van der Waals surface area (Å²) < 4.78 is 32.2. The van der Waals surface area contributed by atoms with Gasteiger partial charge in [0, 0.05) is 12.1 Å². The van der Waals surface area contributed by atoms with Gasteiger partial charge in [-0.2, -0.15) is 4.31 Å². The van der Waals surface area contributed by atoms with E-state index in [4.69, 9.17) is 0 Å². The van der Waals surface area contributed by atoms with E-state index < -0.39 is 33.9 Å². The van der Waals surface area contributed by atoms with Crippen LogP contribution in [0.4, 0.5) is 0 Å². The summed E-state index contributed by atoms with van der Waals surface area (Å²) in [5.41, 5.74) is 0.480. The third-order valence-corrected chi connectivity index (χ3v) is 7.99. The average Bonchev–Trinajstić information content (AvgIpc) is 3.18. The lowest BCUT2D eigenvalue weighted by Gasteiger charge is -2.23. The van der Waals surface area contributed by atoms with Crippen LogP contribution in [0.1, 0.15) is 34.5 Å². The third-order valence-electron chi connectivity index (χ3n) is 4.61. The normalized spacial score (nSPS) is 27.3. The topological polar surface area (TPSA) is 101 Å². The number of aryl methyl sites for hydroxylation is 1. The summed E-state index contributed by atoms with van der Waals surface area (Å²) in [6.07, 6.45) is 1.53. The second-order valence-electron chi connectivity index (χ2n) is 5.88. The summed E-state index contributed by atoms with van der Waals surface area (Å²) in [5.74, 6) is -2.33. The van der Waals surface area contributed by atoms with E-state index >= 15 is 0 Å². The average molecular weight is 359 g/mol. The highest BCUT2D eigenvalue weighted by atomic mass is 32.2. The van der Waals surface area contributed by atoms with E-state index in [-0.39, 0.29) is 15.8 Å². The molecule has 0 radical (unpaired) electrons. The van der Waals surface area contributed by atoms with E-state index in [1.165, 1.54) is 11.4 Å². The van der Waals surface area contributed by atoms with Crippen LogP contribution in [-0.4, -0.2) is 49.0 Å². The Morgan fingerprint density at radius 3 is 2.65 bits per heavy atom. The van der Waals surface area contributed by atoms with Crippen molar-refractivity contribution in [1.29, 1.82) is 0 Å². The molecular weight excluding hydrogens is 342 g/mol. The minimum Gasteiger partial charge on any atom is -0.481 e. The number of esters is 1. The fourth-order valence-electron chi connectivity index (χ4n) is 3.67. The zero-order chi connectivity index (χ0) is 16.9. The number of hydrogen-bond donors (Lipinski definition) is 1. The number of carboxylic acid groups (broad SMARTS) is 1. The fourth-order valence-corrected chi connectivity index (χ4v) is 7.25. The van der Waals surface area contributed by atoms with Crippen molar-refractivity contribution in [3.8, 4) is 0 Å². The van der Waals surface area contributed by atoms with Gasteiger partial charge in [0.25, 0.3) is 0 Å². The van der Waals surface area contributed by atoms with Gasteiger partial charge in [-0.05, 0) is 37.1 Å². The van der Waals surface area contributed by atoms with E-state index in [1.807, 2.05) is 0 Å². The monoisotopic (exact) mass is 359 g/mol. The standard InChI is InChI=1S/C14H17NO6S2/c1-7-6-22-11(14(18)21-2)12(7)23(19,20)15-8-3-4-10(15)9(5-8)13(16)17/h6,8-10H,3-5H2,1-2H3,(H,16,17). The molecule has 126 valence electrons. The lowest BCUT2D eigenvalue weighted by molar-refractivity contribution is -0.142. The number of carboxylic acids is 1. The van der Waals surface area contributed by atoms with E-state index in [9.17, 15) is 23.1 Å². The number of nitrogens with zero attached hydrogens (tertiary/aromatic N) is 1. The van der Waals surface area contributed by atoms with Crippen LogP contribution < -0.4 is 0 Å². The molecule has 3 heterocycles. The largest absolute Gasteiger partial charge is 0.481 e. The van der Waals surface area contributed by atoms with Crippen molar-refractivity contribution in [2.45, 2.75) is 43.2 Å². The van der Waals surface area contributed by atoms with Crippen molar-refractivity contribution in [2.24, 2.45) is 5.92 Å². The molecule has 2 bridgehead atoms. The van der Waals surface area contributed by atoms with Gasteiger partial charge < -0.3 is 9.84 Å². The van der Waals surface area contributed by atoms with E-state index in [2.05, 4.69) is 4.74 Å². The van der Waals surface area contributed by atoms with Crippen LogP contribution in [0.5, 0.6) is 0 Å². The van der Waals surface area contributed by atoms with Crippen molar-refractivity contribution < 1.29 is 27.9 Å². The molecule has 3 atom stereocenters. The molecule has 7 nitrogen and oxygen atoms in total.